The summed E-state index contributed by atoms with van der Waals surface area (Å²) in [4.78, 5) is 16.3. The first-order valence-electron chi connectivity index (χ1n) is 4.64. The largest absolute Gasteiger partial charge is 0.346 e. The predicted molar refractivity (Wildman–Crippen MR) is 59.4 cm³/mol. The average Bonchev–Trinajstić information content (AvgIpc) is 2.31. The van der Waals surface area contributed by atoms with Crippen molar-refractivity contribution in [2.24, 2.45) is 4.99 Å². The van der Waals surface area contributed by atoms with Gasteiger partial charge >= 0.3 is 0 Å². The fourth-order valence-electron chi connectivity index (χ4n) is 1.32. The third kappa shape index (κ3) is 2.22. The maximum Gasteiger partial charge on any atom is 0.216 e. The van der Waals surface area contributed by atoms with Crippen molar-refractivity contribution in [3.63, 3.8) is 0 Å². The number of amides is 1. The molecule has 1 heterocycles. The molecule has 0 bridgehead atoms. The molecule has 1 N–H and O–H groups in total. The molecule has 4 nitrogen and oxygen atoms in total. The average molecular weight is 201 g/mol. The lowest BCUT2D eigenvalue weighted by atomic mass is 10.3. The van der Waals surface area contributed by atoms with E-state index in [1.54, 1.807) is 18.5 Å². The SMILES string of the molecule is O=CN1C=CC=NC1Nc1ccccc1. The van der Waals surface area contributed by atoms with Crippen LogP contribution in [0.15, 0.2) is 47.6 Å². The lowest BCUT2D eigenvalue weighted by Gasteiger charge is -2.25. The number of nitrogens with one attached hydrogen (secondary N) is 1. The van der Waals surface area contributed by atoms with Crippen molar-refractivity contribution in [3.8, 4) is 0 Å². The van der Waals surface area contributed by atoms with Crippen LogP contribution in [0.4, 0.5) is 5.69 Å². The first-order chi connectivity index (χ1) is 7.40. The molecule has 1 aromatic carbocycles. The molecule has 0 aromatic heterocycles. The van der Waals surface area contributed by atoms with Gasteiger partial charge in [0.15, 0.2) is 0 Å². The maximum atomic E-state index is 10.7. The van der Waals surface area contributed by atoms with Gasteiger partial charge in [-0.2, -0.15) is 0 Å². The van der Waals surface area contributed by atoms with Gasteiger partial charge < -0.3 is 5.32 Å². The first-order valence-corrected chi connectivity index (χ1v) is 4.64. The van der Waals surface area contributed by atoms with Crippen molar-refractivity contribution in [1.29, 1.82) is 0 Å². The second-order valence-electron chi connectivity index (χ2n) is 3.08. The Morgan fingerprint density at radius 2 is 2.13 bits per heavy atom. The Morgan fingerprint density at radius 1 is 1.33 bits per heavy atom. The minimum atomic E-state index is -0.352. The lowest BCUT2D eigenvalue weighted by Crippen LogP contribution is -2.36. The number of carbonyl (C=O) groups excluding carboxylic acids is 1. The molecular weight excluding hydrogens is 190 g/mol. The van der Waals surface area contributed by atoms with Crippen LogP contribution in [-0.2, 0) is 4.79 Å². The fraction of sp³-hybridized carbons (Fsp3) is 0.0909. The number of aliphatic imine (C=N–C) groups is 1. The van der Waals surface area contributed by atoms with Crippen LogP contribution in [0.2, 0.25) is 0 Å². The number of allylic oxidation sites excluding steroid dienone is 1. The van der Waals surface area contributed by atoms with Crippen LogP contribution >= 0.6 is 0 Å². The third-order valence-electron chi connectivity index (χ3n) is 2.05. The van der Waals surface area contributed by atoms with Gasteiger partial charge in [-0.15, -0.1) is 0 Å². The highest BCUT2D eigenvalue weighted by Crippen LogP contribution is 2.11. The van der Waals surface area contributed by atoms with Crippen molar-refractivity contribution in [2.75, 3.05) is 5.32 Å². The third-order valence-corrected chi connectivity index (χ3v) is 2.05. The van der Waals surface area contributed by atoms with Crippen LogP contribution in [0, 0.1) is 0 Å². The van der Waals surface area contributed by atoms with Crippen LogP contribution in [0.1, 0.15) is 0 Å². The molecule has 1 unspecified atom stereocenters. The summed E-state index contributed by atoms with van der Waals surface area (Å²) in [6.45, 7) is 0. The van der Waals surface area contributed by atoms with Crippen LogP contribution in [0.25, 0.3) is 0 Å². The summed E-state index contributed by atoms with van der Waals surface area (Å²) in [5.74, 6) is 0. The Kier molecular flexibility index (Phi) is 2.78. The summed E-state index contributed by atoms with van der Waals surface area (Å²) in [6.07, 6.45) is 5.46. The second kappa shape index (κ2) is 4.41. The van der Waals surface area contributed by atoms with Gasteiger partial charge in [0.25, 0.3) is 0 Å². The molecular formula is C11H11N3O. The molecule has 2 rings (SSSR count). The van der Waals surface area contributed by atoms with E-state index >= 15 is 0 Å². The molecule has 1 aliphatic rings. The molecule has 1 amide bonds. The van der Waals surface area contributed by atoms with Gasteiger partial charge in [0.1, 0.15) is 0 Å². The Labute approximate surface area is 87.9 Å². The summed E-state index contributed by atoms with van der Waals surface area (Å²) < 4.78 is 0. The van der Waals surface area contributed by atoms with Crippen LogP contribution in [0.5, 0.6) is 0 Å². The molecule has 4 heteroatoms. The Morgan fingerprint density at radius 3 is 2.87 bits per heavy atom. The summed E-state index contributed by atoms with van der Waals surface area (Å²) in [5, 5.41) is 3.13. The van der Waals surface area contributed by atoms with Gasteiger partial charge in [0, 0.05) is 18.1 Å². The number of hydrogen-bond donors (Lipinski definition) is 1. The Balaban J connectivity index is 2.08. The molecule has 0 saturated heterocycles. The monoisotopic (exact) mass is 201 g/mol. The van der Waals surface area contributed by atoms with E-state index in [1.165, 1.54) is 4.90 Å². The lowest BCUT2D eigenvalue weighted by molar-refractivity contribution is -0.117. The standard InChI is InChI=1S/C11H11N3O/c15-9-14-8-4-7-12-11(14)13-10-5-2-1-3-6-10/h1-9,11,13H. The molecule has 0 aliphatic carbocycles. The summed E-state index contributed by atoms with van der Waals surface area (Å²) in [5.41, 5.74) is 0.932. The number of rotatable bonds is 3. The van der Waals surface area contributed by atoms with E-state index in [1.807, 2.05) is 30.3 Å². The van der Waals surface area contributed by atoms with E-state index in [-0.39, 0.29) is 6.29 Å². The highest BCUT2D eigenvalue weighted by atomic mass is 16.1. The van der Waals surface area contributed by atoms with Crippen LogP contribution in [0.3, 0.4) is 0 Å². The van der Waals surface area contributed by atoms with Crippen molar-refractivity contribution < 1.29 is 4.79 Å². The van der Waals surface area contributed by atoms with Crippen LogP contribution < -0.4 is 5.32 Å². The normalized spacial score (nSPS) is 18.9. The minimum Gasteiger partial charge on any atom is -0.346 e. The molecule has 1 aromatic rings. The fourth-order valence-corrected chi connectivity index (χ4v) is 1.32. The van der Waals surface area contributed by atoms with Gasteiger partial charge in [-0.1, -0.05) is 18.2 Å². The number of anilines is 1. The number of hydrogen-bond acceptors (Lipinski definition) is 3. The van der Waals surface area contributed by atoms with E-state index in [4.69, 9.17) is 0 Å². The van der Waals surface area contributed by atoms with Gasteiger partial charge in [-0.3, -0.25) is 9.69 Å². The molecule has 0 saturated carbocycles. The summed E-state index contributed by atoms with van der Waals surface area (Å²) in [6, 6.07) is 9.65. The van der Waals surface area contributed by atoms with Crippen molar-refractivity contribution in [1.82, 2.24) is 4.90 Å². The number of para-hydroxylation sites is 1. The van der Waals surface area contributed by atoms with Gasteiger partial charge in [-0.25, -0.2) is 4.99 Å². The molecule has 0 radical (unpaired) electrons. The van der Waals surface area contributed by atoms with Crippen LogP contribution in [-0.4, -0.2) is 23.8 Å². The second-order valence-corrected chi connectivity index (χ2v) is 3.08. The zero-order chi connectivity index (χ0) is 10.5. The zero-order valence-electron chi connectivity index (χ0n) is 8.08. The molecule has 1 aliphatic heterocycles. The maximum absolute atomic E-state index is 10.7. The van der Waals surface area contributed by atoms with Crippen molar-refractivity contribution in [3.05, 3.63) is 42.6 Å². The number of nitrogens with zero attached hydrogens (tertiary/aromatic N) is 2. The summed E-state index contributed by atoms with van der Waals surface area (Å²) >= 11 is 0. The van der Waals surface area contributed by atoms with E-state index in [0.29, 0.717) is 0 Å². The van der Waals surface area contributed by atoms with Gasteiger partial charge in [0.05, 0.1) is 0 Å². The topological polar surface area (TPSA) is 44.7 Å². The van der Waals surface area contributed by atoms with Gasteiger partial charge in [0.2, 0.25) is 12.7 Å². The number of carbonyl (C=O) groups is 1. The smallest absolute Gasteiger partial charge is 0.216 e. The summed E-state index contributed by atoms with van der Waals surface area (Å²) in [7, 11) is 0. The molecule has 1 atom stereocenters. The molecule has 15 heavy (non-hydrogen) atoms. The van der Waals surface area contributed by atoms with E-state index < -0.39 is 0 Å². The van der Waals surface area contributed by atoms with E-state index in [9.17, 15) is 4.79 Å². The predicted octanol–water partition coefficient (Wildman–Crippen LogP) is 1.44. The molecule has 76 valence electrons. The minimum absolute atomic E-state index is 0.352. The highest BCUT2D eigenvalue weighted by molar-refractivity contribution is 5.74. The Hall–Kier alpha value is -2.10. The quantitative estimate of drug-likeness (QED) is 0.752. The Bertz CT molecular complexity index is 386. The first kappa shape index (κ1) is 9.45. The van der Waals surface area contributed by atoms with Crippen molar-refractivity contribution >= 4 is 18.3 Å². The number of benzene rings is 1. The highest BCUT2D eigenvalue weighted by Gasteiger charge is 2.13. The van der Waals surface area contributed by atoms with Gasteiger partial charge in [-0.05, 0) is 18.2 Å². The zero-order valence-corrected chi connectivity index (χ0v) is 8.08. The van der Waals surface area contributed by atoms with E-state index in [0.717, 1.165) is 12.1 Å². The molecule has 0 fully saturated rings. The van der Waals surface area contributed by atoms with Crippen molar-refractivity contribution in [2.45, 2.75) is 6.29 Å². The van der Waals surface area contributed by atoms with E-state index in [2.05, 4.69) is 10.3 Å². The molecule has 0 spiro atoms.